The molecule has 2 fully saturated rings. The van der Waals surface area contributed by atoms with Crippen LogP contribution in [0.5, 0.6) is 0 Å². The van der Waals surface area contributed by atoms with Crippen molar-refractivity contribution in [3.63, 3.8) is 0 Å². The Bertz CT molecular complexity index is 333. The summed E-state index contributed by atoms with van der Waals surface area (Å²) in [4.78, 5) is 14.3. The van der Waals surface area contributed by atoms with Crippen LogP contribution >= 0.6 is 0 Å². The fraction of sp³-hybridized carbons (Fsp3) is 0.846. The van der Waals surface area contributed by atoms with Crippen molar-refractivity contribution in [3.8, 4) is 0 Å². The zero-order valence-corrected chi connectivity index (χ0v) is 11.0. The van der Waals surface area contributed by atoms with Crippen LogP contribution in [0.1, 0.15) is 45.4 Å². The molecule has 0 radical (unpaired) electrons. The first-order valence-corrected chi connectivity index (χ1v) is 6.90. The lowest BCUT2D eigenvalue weighted by Gasteiger charge is -2.31. The van der Waals surface area contributed by atoms with Crippen molar-refractivity contribution in [1.82, 2.24) is 4.90 Å². The van der Waals surface area contributed by atoms with Crippen molar-refractivity contribution in [2.75, 3.05) is 6.54 Å². The van der Waals surface area contributed by atoms with Crippen LogP contribution in [0.4, 0.5) is 0 Å². The molecule has 0 aromatic rings. The number of rotatable bonds is 5. The van der Waals surface area contributed by atoms with Gasteiger partial charge < -0.3 is 15.8 Å². The van der Waals surface area contributed by atoms with E-state index in [1.54, 1.807) is 0 Å². The van der Waals surface area contributed by atoms with E-state index in [1.807, 2.05) is 11.8 Å². The molecule has 0 spiro atoms. The van der Waals surface area contributed by atoms with Crippen LogP contribution in [-0.4, -0.2) is 34.4 Å². The van der Waals surface area contributed by atoms with Gasteiger partial charge in [0, 0.05) is 12.0 Å². The third-order valence-corrected chi connectivity index (χ3v) is 4.23. The molecule has 1 amide bonds. The average Bonchev–Trinajstić information content (AvgIpc) is 3.09. The molecular weight excluding hydrogens is 230 g/mol. The number of amides is 1. The normalized spacial score (nSPS) is 23.1. The first kappa shape index (κ1) is 13.2. The molecule has 5 nitrogen and oxygen atoms in total. The van der Waals surface area contributed by atoms with Gasteiger partial charge in [-0.25, -0.2) is 0 Å². The summed E-state index contributed by atoms with van der Waals surface area (Å²) in [6.07, 6.45) is 6.75. The topological polar surface area (TPSA) is 78.9 Å². The Hall–Kier alpha value is -1.26. The number of nitrogens with two attached hydrogens (primary N) is 1. The molecule has 0 aliphatic heterocycles. The lowest BCUT2D eigenvalue weighted by molar-refractivity contribution is -0.137. The highest BCUT2D eigenvalue weighted by atomic mass is 16.4. The number of carbonyl (C=O) groups excluding carboxylic acids is 1. The van der Waals surface area contributed by atoms with E-state index in [2.05, 4.69) is 5.16 Å². The monoisotopic (exact) mass is 253 g/mol. The van der Waals surface area contributed by atoms with Crippen LogP contribution in [-0.2, 0) is 4.79 Å². The Morgan fingerprint density at radius 2 is 2.00 bits per heavy atom. The summed E-state index contributed by atoms with van der Waals surface area (Å²) < 4.78 is 0. The van der Waals surface area contributed by atoms with Crippen LogP contribution in [0.25, 0.3) is 0 Å². The predicted octanol–water partition coefficient (Wildman–Crippen LogP) is 1.55. The van der Waals surface area contributed by atoms with Gasteiger partial charge in [-0.05, 0) is 31.6 Å². The van der Waals surface area contributed by atoms with E-state index in [4.69, 9.17) is 10.9 Å². The van der Waals surface area contributed by atoms with Gasteiger partial charge >= 0.3 is 0 Å². The van der Waals surface area contributed by atoms with Crippen molar-refractivity contribution in [3.05, 3.63) is 0 Å². The second-order valence-corrected chi connectivity index (χ2v) is 5.62. The van der Waals surface area contributed by atoms with E-state index in [-0.39, 0.29) is 30.2 Å². The Morgan fingerprint density at radius 1 is 1.39 bits per heavy atom. The fourth-order valence-corrected chi connectivity index (χ4v) is 2.87. The van der Waals surface area contributed by atoms with Crippen LogP contribution < -0.4 is 5.73 Å². The first-order valence-electron chi connectivity index (χ1n) is 6.90. The third kappa shape index (κ3) is 2.94. The number of hydrogen-bond donors (Lipinski definition) is 2. The minimum absolute atomic E-state index is 0.0806. The maximum atomic E-state index is 12.5. The molecule has 0 saturated heterocycles. The minimum atomic E-state index is 0.0806. The molecule has 1 atom stereocenters. The Balaban J connectivity index is 2.04. The van der Waals surface area contributed by atoms with Crippen molar-refractivity contribution in [1.29, 1.82) is 0 Å². The second-order valence-electron chi connectivity index (χ2n) is 5.62. The van der Waals surface area contributed by atoms with Gasteiger partial charge in [0.25, 0.3) is 0 Å². The quantitative estimate of drug-likeness (QED) is 0.338. The van der Waals surface area contributed by atoms with Crippen LogP contribution in [0.2, 0.25) is 0 Å². The maximum absolute atomic E-state index is 12.5. The zero-order valence-electron chi connectivity index (χ0n) is 11.0. The van der Waals surface area contributed by atoms with Crippen LogP contribution in [0.15, 0.2) is 5.16 Å². The molecule has 0 aromatic heterocycles. The molecule has 5 heteroatoms. The van der Waals surface area contributed by atoms with Crippen molar-refractivity contribution >= 4 is 11.7 Å². The second kappa shape index (κ2) is 5.59. The average molecular weight is 253 g/mol. The Labute approximate surface area is 108 Å². The number of carbonyl (C=O) groups is 1. The molecular formula is C13H23N3O2. The predicted molar refractivity (Wildman–Crippen MR) is 69.3 cm³/mol. The summed E-state index contributed by atoms with van der Waals surface area (Å²) in [6.45, 7) is 2.27. The van der Waals surface area contributed by atoms with Gasteiger partial charge in [-0.1, -0.05) is 24.9 Å². The third-order valence-electron chi connectivity index (χ3n) is 4.23. The van der Waals surface area contributed by atoms with E-state index < -0.39 is 0 Å². The van der Waals surface area contributed by atoms with Crippen LogP contribution in [0.3, 0.4) is 0 Å². The molecule has 2 aliphatic carbocycles. The highest BCUT2D eigenvalue weighted by Crippen LogP contribution is 2.38. The molecule has 2 rings (SSSR count). The SMILES string of the molecule is CC(C(=O)N(CC(N)=NO)C1CCCC1)C1CC1. The zero-order chi connectivity index (χ0) is 13.1. The van der Waals surface area contributed by atoms with Gasteiger partial charge in [-0.2, -0.15) is 0 Å². The highest BCUT2D eigenvalue weighted by molar-refractivity contribution is 5.88. The molecule has 18 heavy (non-hydrogen) atoms. The Morgan fingerprint density at radius 3 is 2.50 bits per heavy atom. The van der Waals surface area contributed by atoms with Gasteiger partial charge in [0.2, 0.25) is 5.91 Å². The van der Waals surface area contributed by atoms with Gasteiger partial charge in [0.1, 0.15) is 0 Å². The molecule has 1 unspecified atom stereocenters. The number of nitrogens with zero attached hydrogens (tertiary/aromatic N) is 2. The molecule has 2 saturated carbocycles. The van der Waals surface area contributed by atoms with Gasteiger partial charge in [0.05, 0.1) is 6.54 Å². The Kier molecular flexibility index (Phi) is 4.09. The van der Waals surface area contributed by atoms with Gasteiger partial charge in [0.15, 0.2) is 5.84 Å². The van der Waals surface area contributed by atoms with E-state index in [0.717, 1.165) is 25.7 Å². The van der Waals surface area contributed by atoms with Crippen LogP contribution in [0, 0.1) is 11.8 Å². The van der Waals surface area contributed by atoms with Gasteiger partial charge in [-0.3, -0.25) is 4.79 Å². The van der Waals surface area contributed by atoms with Crippen molar-refractivity contribution in [2.24, 2.45) is 22.7 Å². The summed E-state index contributed by atoms with van der Waals surface area (Å²) in [7, 11) is 0. The van der Waals surface area contributed by atoms with E-state index in [1.165, 1.54) is 12.8 Å². The molecule has 0 heterocycles. The largest absolute Gasteiger partial charge is 0.409 e. The summed E-state index contributed by atoms with van der Waals surface area (Å²) >= 11 is 0. The molecule has 102 valence electrons. The van der Waals surface area contributed by atoms with E-state index >= 15 is 0 Å². The number of oxime groups is 1. The molecule has 3 N–H and O–H groups in total. The summed E-state index contributed by atoms with van der Waals surface area (Å²) in [6, 6.07) is 0.277. The first-order chi connectivity index (χ1) is 8.63. The number of amidine groups is 1. The minimum Gasteiger partial charge on any atom is -0.409 e. The fourth-order valence-electron chi connectivity index (χ4n) is 2.87. The lowest BCUT2D eigenvalue weighted by atomic mass is 10.0. The highest BCUT2D eigenvalue weighted by Gasteiger charge is 2.37. The standard InChI is InChI=1S/C13H23N3O2/c1-9(10-6-7-10)13(17)16(8-12(14)15-18)11-4-2-3-5-11/h9-11,18H,2-8H2,1H3,(H2,14,15). The molecule has 0 bridgehead atoms. The summed E-state index contributed by atoms with van der Waals surface area (Å²) in [5.41, 5.74) is 5.58. The number of hydrogen-bond acceptors (Lipinski definition) is 3. The molecule has 2 aliphatic rings. The van der Waals surface area contributed by atoms with Crippen molar-refractivity contribution < 1.29 is 10.0 Å². The van der Waals surface area contributed by atoms with Crippen molar-refractivity contribution in [2.45, 2.75) is 51.5 Å². The summed E-state index contributed by atoms with van der Waals surface area (Å²) in [5, 5.41) is 11.7. The summed E-state index contributed by atoms with van der Waals surface area (Å²) in [5.74, 6) is 0.931. The molecule has 0 aromatic carbocycles. The van der Waals surface area contributed by atoms with E-state index in [9.17, 15) is 4.79 Å². The lowest BCUT2D eigenvalue weighted by Crippen LogP contribution is -2.46. The van der Waals surface area contributed by atoms with Gasteiger partial charge in [-0.15, -0.1) is 0 Å². The maximum Gasteiger partial charge on any atom is 0.226 e. The van der Waals surface area contributed by atoms with E-state index in [0.29, 0.717) is 5.92 Å². The smallest absolute Gasteiger partial charge is 0.226 e.